The van der Waals surface area contributed by atoms with Crippen LogP contribution in [-0.4, -0.2) is 62.1 Å². The van der Waals surface area contributed by atoms with Crippen molar-refractivity contribution in [2.75, 3.05) is 38.1 Å². The Morgan fingerprint density at radius 2 is 1.74 bits per heavy atom. The maximum absolute atomic E-state index is 13.1. The Hall–Kier alpha value is -3.26. The van der Waals surface area contributed by atoms with Crippen LogP contribution in [0.25, 0.3) is 22.6 Å². The lowest BCUT2D eigenvalue weighted by molar-refractivity contribution is 0.360. The third-order valence-corrected chi connectivity index (χ3v) is 6.04. The van der Waals surface area contributed by atoms with E-state index in [1.165, 1.54) is 0 Å². The molecule has 8 heteroatoms. The van der Waals surface area contributed by atoms with Gasteiger partial charge in [-0.2, -0.15) is 5.10 Å². The van der Waals surface area contributed by atoms with Crippen molar-refractivity contribution >= 4 is 16.9 Å². The summed E-state index contributed by atoms with van der Waals surface area (Å²) in [6.07, 6.45) is 4.92. The number of hydrogen-bond acceptors (Lipinski definition) is 6. The summed E-state index contributed by atoms with van der Waals surface area (Å²) in [5.74, 6) is 0. The molecule has 0 unspecified atom stereocenters. The highest BCUT2D eigenvalue weighted by atomic mass is 16.1. The Bertz CT molecular complexity index is 1350. The summed E-state index contributed by atoms with van der Waals surface area (Å²) in [7, 11) is 2.16. The van der Waals surface area contributed by atoms with Gasteiger partial charge >= 0.3 is 0 Å². The second kappa shape index (κ2) is 7.46. The molecule has 8 nitrogen and oxygen atoms in total. The summed E-state index contributed by atoms with van der Waals surface area (Å²) in [5.41, 5.74) is 6.59. The molecule has 0 aromatic carbocycles. The summed E-state index contributed by atoms with van der Waals surface area (Å²) in [6, 6.07) is 5.65. The predicted octanol–water partition coefficient (Wildman–Crippen LogP) is 2.47. The number of anilines is 1. The van der Waals surface area contributed by atoms with E-state index in [1.54, 1.807) is 10.5 Å². The fourth-order valence-corrected chi connectivity index (χ4v) is 4.37. The van der Waals surface area contributed by atoms with Crippen LogP contribution in [0.3, 0.4) is 0 Å². The minimum Gasteiger partial charge on any atom is -0.369 e. The van der Waals surface area contributed by atoms with Crippen LogP contribution in [0.2, 0.25) is 0 Å². The first-order valence-electron chi connectivity index (χ1n) is 10.7. The van der Waals surface area contributed by atoms with Gasteiger partial charge in [-0.15, -0.1) is 0 Å². The zero-order valence-electron chi connectivity index (χ0n) is 18.5. The second-order valence-electron chi connectivity index (χ2n) is 8.53. The molecule has 5 heterocycles. The monoisotopic (exact) mass is 417 g/mol. The molecule has 0 N–H and O–H groups in total. The molecule has 1 saturated heterocycles. The Kier molecular flexibility index (Phi) is 4.74. The van der Waals surface area contributed by atoms with Crippen molar-refractivity contribution in [1.29, 1.82) is 0 Å². The number of fused-ring (bicyclic) bond motifs is 2. The minimum atomic E-state index is -0.0972. The normalized spacial score (nSPS) is 15.7. The highest BCUT2D eigenvalue weighted by Gasteiger charge is 2.16. The third-order valence-electron chi connectivity index (χ3n) is 6.04. The second-order valence-corrected chi connectivity index (χ2v) is 8.53. The molecule has 4 aromatic rings. The molecule has 0 saturated carbocycles. The van der Waals surface area contributed by atoms with Crippen molar-refractivity contribution in [1.82, 2.24) is 28.9 Å². The van der Waals surface area contributed by atoms with Crippen LogP contribution in [0.4, 0.5) is 5.69 Å². The van der Waals surface area contributed by atoms with Gasteiger partial charge in [-0.05, 0) is 58.5 Å². The van der Waals surface area contributed by atoms with E-state index in [1.807, 2.05) is 43.7 Å². The van der Waals surface area contributed by atoms with E-state index in [4.69, 9.17) is 4.98 Å². The van der Waals surface area contributed by atoms with Gasteiger partial charge in [0.15, 0.2) is 0 Å². The predicted molar refractivity (Wildman–Crippen MR) is 122 cm³/mol. The third kappa shape index (κ3) is 3.57. The Balaban J connectivity index is 1.59. The lowest BCUT2D eigenvalue weighted by atomic mass is 10.2. The van der Waals surface area contributed by atoms with Crippen molar-refractivity contribution in [3.63, 3.8) is 0 Å². The average molecular weight is 418 g/mol. The Labute approximate surface area is 180 Å². The summed E-state index contributed by atoms with van der Waals surface area (Å²) >= 11 is 0. The molecule has 31 heavy (non-hydrogen) atoms. The largest absolute Gasteiger partial charge is 0.369 e. The molecule has 0 atom stereocenters. The number of likely N-dealkylation sites (N-methyl/N-ethyl adjacent to an activating group) is 1. The number of hydrogen-bond donors (Lipinski definition) is 0. The maximum Gasteiger partial charge on any atom is 0.258 e. The van der Waals surface area contributed by atoms with Gasteiger partial charge in [0.1, 0.15) is 11.3 Å². The lowest BCUT2D eigenvalue weighted by Crippen LogP contribution is -2.29. The number of aryl methyl sites for hydroxylation is 3. The minimum absolute atomic E-state index is 0.0972. The van der Waals surface area contributed by atoms with Crippen molar-refractivity contribution in [3.05, 3.63) is 57.9 Å². The topological polar surface area (TPSA) is 71.0 Å². The summed E-state index contributed by atoms with van der Waals surface area (Å²) in [6.45, 7) is 9.98. The van der Waals surface area contributed by atoms with E-state index in [0.717, 1.165) is 60.8 Å². The van der Waals surface area contributed by atoms with E-state index >= 15 is 0 Å². The van der Waals surface area contributed by atoms with Crippen LogP contribution >= 0.6 is 0 Å². The standard InChI is InChI=1S/C23H27N7O/c1-15-10-18(28-7-5-6-27(4)8-9-28)14-29-22(31)12-19(25-23(15)29)20-11-21-17(3)24-16(2)13-30(21)26-20/h10-14H,5-9H2,1-4H3. The van der Waals surface area contributed by atoms with E-state index in [9.17, 15) is 4.79 Å². The molecule has 1 aliphatic heterocycles. The van der Waals surface area contributed by atoms with Crippen molar-refractivity contribution in [2.45, 2.75) is 27.2 Å². The van der Waals surface area contributed by atoms with Crippen LogP contribution in [0, 0.1) is 20.8 Å². The van der Waals surface area contributed by atoms with Crippen LogP contribution < -0.4 is 10.5 Å². The van der Waals surface area contributed by atoms with E-state index in [2.05, 4.69) is 33.0 Å². The highest BCUT2D eigenvalue weighted by Crippen LogP contribution is 2.23. The van der Waals surface area contributed by atoms with E-state index in [0.29, 0.717) is 17.0 Å². The van der Waals surface area contributed by atoms with Gasteiger partial charge < -0.3 is 9.80 Å². The Morgan fingerprint density at radius 3 is 2.58 bits per heavy atom. The van der Waals surface area contributed by atoms with Crippen LogP contribution in [0.5, 0.6) is 0 Å². The molecule has 160 valence electrons. The molecular formula is C23H27N7O. The molecule has 0 spiro atoms. The Morgan fingerprint density at radius 1 is 0.903 bits per heavy atom. The average Bonchev–Trinajstić information content (AvgIpc) is 3.03. The van der Waals surface area contributed by atoms with Gasteiger partial charge in [0, 0.05) is 31.9 Å². The quantitative estimate of drug-likeness (QED) is 0.499. The van der Waals surface area contributed by atoms with Gasteiger partial charge in [0.05, 0.1) is 34.5 Å². The maximum atomic E-state index is 13.1. The van der Waals surface area contributed by atoms with Crippen LogP contribution in [-0.2, 0) is 0 Å². The summed E-state index contributed by atoms with van der Waals surface area (Å²) in [5, 5.41) is 4.64. The number of nitrogens with zero attached hydrogens (tertiary/aromatic N) is 7. The number of rotatable bonds is 2. The zero-order valence-corrected chi connectivity index (χ0v) is 18.5. The van der Waals surface area contributed by atoms with Gasteiger partial charge in [-0.25, -0.2) is 9.50 Å². The molecular weight excluding hydrogens is 390 g/mol. The molecule has 1 fully saturated rings. The first-order valence-corrected chi connectivity index (χ1v) is 10.7. The molecule has 0 aliphatic carbocycles. The van der Waals surface area contributed by atoms with Crippen molar-refractivity contribution in [3.8, 4) is 11.4 Å². The zero-order chi connectivity index (χ0) is 21.7. The molecule has 5 rings (SSSR count). The van der Waals surface area contributed by atoms with E-state index < -0.39 is 0 Å². The van der Waals surface area contributed by atoms with E-state index in [-0.39, 0.29) is 5.56 Å². The highest BCUT2D eigenvalue weighted by molar-refractivity contribution is 5.67. The molecule has 0 bridgehead atoms. The molecule has 4 aromatic heterocycles. The van der Waals surface area contributed by atoms with Gasteiger partial charge in [0.2, 0.25) is 0 Å². The molecule has 0 amide bonds. The van der Waals surface area contributed by atoms with Crippen LogP contribution in [0.1, 0.15) is 23.4 Å². The number of pyridine rings is 1. The first-order chi connectivity index (χ1) is 14.9. The van der Waals surface area contributed by atoms with Crippen molar-refractivity contribution in [2.24, 2.45) is 0 Å². The van der Waals surface area contributed by atoms with Gasteiger partial charge in [0.25, 0.3) is 5.56 Å². The van der Waals surface area contributed by atoms with Gasteiger partial charge in [-0.1, -0.05) is 0 Å². The summed E-state index contributed by atoms with van der Waals surface area (Å²) < 4.78 is 3.47. The van der Waals surface area contributed by atoms with Crippen LogP contribution in [0.15, 0.2) is 35.4 Å². The fraction of sp³-hybridized carbons (Fsp3) is 0.391. The SMILES string of the molecule is Cc1cn2nc(-c3cc(=O)n4cc(N5CCCN(C)CC5)cc(C)c4n3)cc2c(C)n1. The molecule has 1 aliphatic rings. The molecule has 0 radical (unpaired) electrons. The van der Waals surface area contributed by atoms with Crippen molar-refractivity contribution < 1.29 is 0 Å². The smallest absolute Gasteiger partial charge is 0.258 e. The first kappa shape index (κ1) is 19.7. The lowest BCUT2D eigenvalue weighted by Gasteiger charge is -2.23. The summed E-state index contributed by atoms with van der Waals surface area (Å²) in [4.78, 5) is 27.1. The fourth-order valence-electron chi connectivity index (χ4n) is 4.37. The number of aromatic nitrogens is 5. The van der Waals surface area contributed by atoms with Gasteiger partial charge in [-0.3, -0.25) is 14.2 Å².